The third-order valence-corrected chi connectivity index (χ3v) is 1.54. The Balaban J connectivity index is 3.26. The van der Waals surface area contributed by atoms with Gasteiger partial charge in [0.1, 0.15) is 6.54 Å². The van der Waals surface area contributed by atoms with Crippen molar-refractivity contribution in [3.05, 3.63) is 22.1 Å². The minimum Gasteiger partial charge on any atom is -0.480 e. The van der Waals surface area contributed by atoms with Gasteiger partial charge in [-0.05, 0) is 6.92 Å². The van der Waals surface area contributed by atoms with Gasteiger partial charge in [-0.3, -0.25) is 14.2 Å². The number of carboxylic acids is 1. The van der Waals surface area contributed by atoms with E-state index in [1.165, 1.54) is 6.20 Å². The Hall–Kier alpha value is -1.85. The molecule has 6 nitrogen and oxygen atoms in total. The van der Waals surface area contributed by atoms with Crippen LogP contribution in [0.1, 0.15) is 5.56 Å². The van der Waals surface area contributed by atoms with Crippen molar-refractivity contribution in [1.29, 1.82) is 0 Å². The van der Waals surface area contributed by atoms with Crippen LogP contribution in [-0.2, 0) is 11.3 Å². The summed E-state index contributed by atoms with van der Waals surface area (Å²) in [5.74, 6) is -1.21. The van der Waals surface area contributed by atoms with Gasteiger partial charge in [0.15, 0.2) is 0 Å². The summed E-state index contributed by atoms with van der Waals surface area (Å²) in [6.07, 6.45) is 1.32. The van der Waals surface area contributed by atoms with Crippen LogP contribution in [0.4, 0.5) is 5.95 Å². The van der Waals surface area contributed by atoms with Crippen molar-refractivity contribution in [2.24, 2.45) is 0 Å². The first-order chi connectivity index (χ1) is 6.02. The molecule has 0 saturated carbocycles. The quantitative estimate of drug-likeness (QED) is 0.626. The fourth-order valence-corrected chi connectivity index (χ4v) is 0.893. The predicted octanol–water partition coefficient (Wildman–Crippen LogP) is -0.781. The van der Waals surface area contributed by atoms with Gasteiger partial charge in [-0.1, -0.05) is 0 Å². The van der Waals surface area contributed by atoms with Crippen LogP contribution < -0.4 is 11.3 Å². The number of anilines is 1. The number of aryl methyl sites for hydroxylation is 1. The molecule has 0 unspecified atom stereocenters. The predicted molar refractivity (Wildman–Crippen MR) is 45.3 cm³/mol. The molecule has 0 aromatic carbocycles. The van der Waals surface area contributed by atoms with E-state index < -0.39 is 18.1 Å². The molecule has 0 atom stereocenters. The highest BCUT2D eigenvalue weighted by Crippen LogP contribution is 1.94. The van der Waals surface area contributed by atoms with E-state index in [1.807, 2.05) is 0 Å². The van der Waals surface area contributed by atoms with Crippen LogP contribution in [0.5, 0.6) is 0 Å². The molecule has 3 N–H and O–H groups in total. The summed E-state index contributed by atoms with van der Waals surface area (Å²) in [7, 11) is 0. The number of aromatic nitrogens is 2. The first-order valence-electron chi connectivity index (χ1n) is 3.56. The van der Waals surface area contributed by atoms with E-state index in [1.54, 1.807) is 6.92 Å². The van der Waals surface area contributed by atoms with Crippen molar-refractivity contribution in [3.63, 3.8) is 0 Å². The van der Waals surface area contributed by atoms with Gasteiger partial charge in [0.05, 0.1) is 0 Å². The summed E-state index contributed by atoms with van der Waals surface area (Å²) in [6, 6.07) is 0. The number of carboxylic acid groups (broad SMARTS) is 1. The molecule has 0 fully saturated rings. The number of nitrogen functional groups attached to an aromatic ring is 1. The van der Waals surface area contributed by atoms with Gasteiger partial charge in [-0.2, -0.15) is 0 Å². The second kappa shape index (κ2) is 3.26. The smallest absolute Gasteiger partial charge is 0.323 e. The Kier molecular flexibility index (Phi) is 2.32. The highest BCUT2D eigenvalue weighted by atomic mass is 16.4. The van der Waals surface area contributed by atoms with E-state index in [4.69, 9.17) is 10.8 Å². The molecule has 1 rings (SSSR count). The van der Waals surface area contributed by atoms with Crippen LogP contribution in [0.3, 0.4) is 0 Å². The van der Waals surface area contributed by atoms with Crippen LogP contribution in [0.2, 0.25) is 0 Å². The Morgan fingerprint density at radius 2 is 2.38 bits per heavy atom. The second-order valence-electron chi connectivity index (χ2n) is 2.58. The van der Waals surface area contributed by atoms with Gasteiger partial charge >= 0.3 is 5.97 Å². The summed E-state index contributed by atoms with van der Waals surface area (Å²) >= 11 is 0. The monoisotopic (exact) mass is 183 g/mol. The van der Waals surface area contributed by atoms with Gasteiger partial charge in [0.2, 0.25) is 5.95 Å². The van der Waals surface area contributed by atoms with Crippen molar-refractivity contribution in [2.75, 3.05) is 5.73 Å². The van der Waals surface area contributed by atoms with E-state index in [-0.39, 0.29) is 5.95 Å². The lowest BCUT2D eigenvalue weighted by atomic mass is 10.4. The second-order valence-corrected chi connectivity index (χ2v) is 2.58. The molecule has 13 heavy (non-hydrogen) atoms. The molecular formula is C7H9N3O3. The van der Waals surface area contributed by atoms with E-state index in [9.17, 15) is 9.59 Å². The summed E-state index contributed by atoms with van der Waals surface area (Å²) in [4.78, 5) is 25.3. The molecule has 6 heteroatoms. The molecule has 0 radical (unpaired) electrons. The molecule has 0 aliphatic heterocycles. The summed E-state index contributed by atoms with van der Waals surface area (Å²) in [5.41, 5.74) is 5.28. The lowest BCUT2D eigenvalue weighted by molar-refractivity contribution is -0.137. The normalized spacial score (nSPS) is 9.92. The summed E-state index contributed by atoms with van der Waals surface area (Å²) in [6.45, 7) is 1.09. The Morgan fingerprint density at radius 1 is 1.77 bits per heavy atom. The zero-order valence-corrected chi connectivity index (χ0v) is 7.02. The van der Waals surface area contributed by atoms with Gasteiger partial charge in [0, 0.05) is 11.8 Å². The highest BCUT2D eigenvalue weighted by Gasteiger charge is 2.07. The van der Waals surface area contributed by atoms with Crippen molar-refractivity contribution < 1.29 is 9.90 Å². The van der Waals surface area contributed by atoms with E-state index in [0.717, 1.165) is 4.57 Å². The zero-order chi connectivity index (χ0) is 10.0. The first kappa shape index (κ1) is 9.24. The lowest BCUT2D eigenvalue weighted by Crippen LogP contribution is -2.28. The average Bonchev–Trinajstić information content (AvgIpc) is 2.05. The zero-order valence-electron chi connectivity index (χ0n) is 7.02. The Morgan fingerprint density at radius 3 is 2.92 bits per heavy atom. The lowest BCUT2D eigenvalue weighted by Gasteiger charge is -2.05. The summed E-state index contributed by atoms with van der Waals surface area (Å²) in [5, 5.41) is 8.46. The SMILES string of the molecule is Cc1cnc(N)n(CC(=O)O)c1=O. The number of hydrogen-bond donors (Lipinski definition) is 2. The first-order valence-corrected chi connectivity index (χ1v) is 3.56. The molecule has 0 aliphatic rings. The van der Waals surface area contributed by atoms with Crippen molar-refractivity contribution in [2.45, 2.75) is 13.5 Å². The van der Waals surface area contributed by atoms with Gasteiger partial charge in [0.25, 0.3) is 5.56 Å². The van der Waals surface area contributed by atoms with Crippen molar-refractivity contribution in [3.8, 4) is 0 Å². The summed E-state index contributed by atoms with van der Waals surface area (Å²) < 4.78 is 0.914. The molecule has 0 aliphatic carbocycles. The molecule has 1 aromatic rings. The number of aliphatic carboxylic acids is 1. The standard InChI is InChI=1S/C7H9N3O3/c1-4-2-9-7(8)10(6(4)13)3-5(11)12/h2H,3H2,1H3,(H2,8,9)(H,11,12). The van der Waals surface area contributed by atoms with Crippen molar-refractivity contribution in [1.82, 2.24) is 9.55 Å². The molecular weight excluding hydrogens is 174 g/mol. The largest absolute Gasteiger partial charge is 0.480 e. The van der Waals surface area contributed by atoms with E-state index >= 15 is 0 Å². The number of hydrogen-bond acceptors (Lipinski definition) is 4. The molecule has 0 bridgehead atoms. The topological polar surface area (TPSA) is 98.2 Å². The molecule has 0 saturated heterocycles. The third kappa shape index (κ3) is 1.84. The van der Waals surface area contributed by atoms with Crippen LogP contribution in [0.25, 0.3) is 0 Å². The molecule has 70 valence electrons. The molecule has 0 amide bonds. The maximum atomic E-state index is 11.3. The van der Waals surface area contributed by atoms with Crippen LogP contribution in [0, 0.1) is 6.92 Å². The average molecular weight is 183 g/mol. The highest BCUT2D eigenvalue weighted by molar-refractivity contribution is 5.67. The fourth-order valence-electron chi connectivity index (χ4n) is 0.893. The van der Waals surface area contributed by atoms with Crippen LogP contribution in [-0.4, -0.2) is 20.6 Å². The third-order valence-electron chi connectivity index (χ3n) is 1.54. The molecule has 1 heterocycles. The number of carbonyl (C=O) groups is 1. The minimum atomic E-state index is -1.12. The van der Waals surface area contributed by atoms with E-state index in [2.05, 4.69) is 4.98 Å². The maximum absolute atomic E-state index is 11.3. The van der Waals surface area contributed by atoms with Gasteiger partial charge in [-0.25, -0.2) is 4.98 Å². The molecule has 1 aromatic heterocycles. The Labute approximate surface area is 73.6 Å². The molecule has 0 spiro atoms. The number of nitrogens with zero attached hydrogens (tertiary/aromatic N) is 2. The van der Waals surface area contributed by atoms with E-state index in [0.29, 0.717) is 5.56 Å². The minimum absolute atomic E-state index is 0.0852. The van der Waals surface area contributed by atoms with Crippen molar-refractivity contribution >= 4 is 11.9 Å². The number of rotatable bonds is 2. The van der Waals surface area contributed by atoms with Crippen LogP contribution in [0.15, 0.2) is 11.0 Å². The van der Waals surface area contributed by atoms with Gasteiger partial charge < -0.3 is 10.8 Å². The van der Waals surface area contributed by atoms with Crippen LogP contribution >= 0.6 is 0 Å². The fraction of sp³-hybridized carbons (Fsp3) is 0.286. The number of nitrogens with two attached hydrogens (primary N) is 1. The maximum Gasteiger partial charge on any atom is 0.323 e. The Bertz CT molecular complexity index is 396. The van der Waals surface area contributed by atoms with Gasteiger partial charge in [-0.15, -0.1) is 0 Å².